The largest absolute Gasteiger partial charge is 0.416 e. The Bertz CT molecular complexity index is 698. The van der Waals surface area contributed by atoms with Gasteiger partial charge in [-0.3, -0.25) is 0 Å². The molecule has 0 amide bonds. The van der Waals surface area contributed by atoms with Gasteiger partial charge >= 0.3 is 6.18 Å². The summed E-state index contributed by atoms with van der Waals surface area (Å²) in [5.41, 5.74) is 2.79. The van der Waals surface area contributed by atoms with Gasteiger partial charge in [0.1, 0.15) is 0 Å². The van der Waals surface area contributed by atoms with Crippen LogP contribution in [-0.4, -0.2) is 22.9 Å². The van der Waals surface area contributed by atoms with E-state index in [4.69, 9.17) is 0 Å². The van der Waals surface area contributed by atoms with Crippen LogP contribution in [0.5, 0.6) is 0 Å². The third-order valence-electron chi connectivity index (χ3n) is 4.47. The van der Waals surface area contributed by atoms with Crippen LogP contribution in [0.15, 0.2) is 24.3 Å². The highest BCUT2D eigenvalue weighted by atomic mass is 19.4. The quantitative estimate of drug-likeness (QED) is 0.906. The summed E-state index contributed by atoms with van der Waals surface area (Å²) in [4.78, 5) is 0. The molecular weight excluding hydrogens is 303 g/mol. The molecule has 1 fully saturated rings. The first-order valence-electron chi connectivity index (χ1n) is 7.82. The lowest BCUT2D eigenvalue weighted by Gasteiger charge is -2.23. The summed E-state index contributed by atoms with van der Waals surface area (Å²) in [5.74, 6) is 0.378. The molecular formula is C17H20F3N3. The fraction of sp³-hybridized carbons (Fsp3) is 0.471. The number of halogens is 3. The predicted molar refractivity (Wildman–Crippen MR) is 82.9 cm³/mol. The number of aromatic nitrogens is 2. The van der Waals surface area contributed by atoms with Gasteiger partial charge in [-0.15, -0.1) is 0 Å². The van der Waals surface area contributed by atoms with E-state index in [2.05, 4.69) is 10.4 Å². The van der Waals surface area contributed by atoms with Crippen LogP contribution >= 0.6 is 0 Å². The molecule has 3 rings (SSSR count). The second kappa shape index (κ2) is 6.00. The van der Waals surface area contributed by atoms with Gasteiger partial charge in [0.15, 0.2) is 0 Å². The molecule has 0 aliphatic carbocycles. The van der Waals surface area contributed by atoms with Crippen LogP contribution in [0.25, 0.3) is 5.69 Å². The Kier molecular flexibility index (Phi) is 4.19. The van der Waals surface area contributed by atoms with Gasteiger partial charge in [0.2, 0.25) is 0 Å². The third-order valence-corrected chi connectivity index (χ3v) is 4.47. The fourth-order valence-electron chi connectivity index (χ4n) is 3.41. The average Bonchev–Trinajstić information content (AvgIpc) is 2.82. The first-order valence-corrected chi connectivity index (χ1v) is 7.82. The van der Waals surface area contributed by atoms with Crippen molar-refractivity contribution >= 4 is 0 Å². The molecule has 6 heteroatoms. The van der Waals surface area contributed by atoms with Gasteiger partial charge in [0.05, 0.1) is 16.9 Å². The summed E-state index contributed by atoms with van der Waals surface area (Å²) >= 11 is 0. The van der Waals surface area contributed by atoms with E-state index in [9.17, 15) is 13.2 Å². The highest BCUT2D eigenvalue weighted by molar-refractivity contribution is 5.41. The van der Waals surface area contributed by atoms with Crippen LogP contribution in [0.2, 0.25) is 0 Å². The van der Waals surface area contributed by atoms with E-state index in [-0.39, 0.29) is 0 Å². The molecule has 23 heavy (non-hydrogen) atoms. The van der Waals surface area contributed by atoms with Gasteiger partial charge in [-0.1, -0.05) is 6.07 Å². The summed E-state index contributed by atoms with van der Waals surface area (Å²) in [6.07, 6.45) is -2.15. The maximum Gasteiger partial charge on any atom is 0.416 e. The van der Waals surface area contributed by atoms with Gasteiger partial charge in [0, 0.05) is 23.7 Å². The van der Waals surface area contributed by atoms with E-state index in [1.54, 1.807) is 10.7 Å². The zero-order valence-corrected chi connectivity index (χ0v) is 13.2. The van der Waals surface area contributed by atoms with Gasteiger partial charge < -0.3 is 5.32 Å². The number of alkyl halides is 3. The zero-order chi connectivity index (χ0) is 16.6. The predicted octanol–water partition coefficient (Wildman–Crippen LogP) is 3.97. The summed E-state index contributed by atoms with van der Waals surface area (Å²) < 4.78 is 40.4. The number of hydrogen-bond donors (Lipinski definition) is 1. The smallest absolute Gasteiger partial charge is 0.316 e. The lowest BCUT2D eigenvalue weighted by atomic mass is 9.90. The van der Waals surface area contributed by atoms with Crippen molar-refractivity contribution in [2.75, 3.05) is 13.1 Å². The first-order chi connectivity index (χ1) is 10.9. The van der Waals surface area contributed by atoms with Crippen molar-refractivity contribution < 1.29 is 13.2 Å². The van der Waals surface area contributed by atoms with Crippen molar-refractivity contribution in [3.8, 4) is 5.69 Å². The molecule has 1 unspecified atom stereocenters. The molecule has 124 valence electrons. The molecule has 1 aromatic heterocycles. The van der Waals surface area contributed by atoms with Crippen LogP contribution in [-0.2, 0) is 6.18 Å². The van der Waals surface area contributed by atoms with Crippen molar-refractivity contribution in [1.82, 2.24) is 15.1 Å². The molecule has 1 aliphatic heterocycles. The molecule has 1 saturated heterocycles. The molecule has 0 spiro atoms. The van der Waals surface area contributed by atoms with E-state index in [1.807, 2.05) is 13.8 Å². The molecule has 1 N–H and O–H groups in total. The second-order valence-electron chi connectivity index (χ2n) is 6.09. The van der Waals surface area contributed by atoms with Crippen molar-refractivity contribution in [1.29, 1.82) is 0 Å². The number of benzene rings is 1. The van der Waals surface area contributed by atoms with Crippen LogP contribution in [0.3, 0.4) is 0 Å². The normalized spacial score (nSPS) is 19.1. The summed E-state index contributed by atoms with van der Waals surface area (Å²) in [6, 6.07) is 5.33. The van der Waals surface area contributed by atoms with Crippen molar-refractivity contribution in [2.24, 2.45) is 0 Å². The Morgan fingerprint density at radius 2 is 2.04 bits per heavy atom. The summed E-state index contributed by atoms with van der Waals surface area (Å²) in [7, 11) is 0. The van der Waals surface area contributed by atoms with Gasteiger partial charge in [-0.25, -0.2) is 4.68 Å². The summed E-state index contributed by atoms with van der Waals surface area (Å²) in [5, 5.41) is 7.88. The minimum atomic E-state index is -4.35. The van der Waals surface area contributed by atoms with E-state index in [0.29, 0.717) is 11.6 Å². The molecule has 0 bridgehead atoms. The molecule has 2 heterocycles. The molecule has 1 aliphatic rings. The van der Waals surface area contributed by atoms with E-state index < -0.39 is 11.7 Å². The van der Waals surface area contributed by atoms with Gasteiger partial charge in [-0.05, 0) is 51.4 Å². The van der Waals surface area contributed by atoms with E-state index in [0.717, 1.165) is 55.0 Å². The molecule has 1 aromatic carbocycles. The van der Waals surface area contributed by atoms with E-state index in [1.165, 1.54) is 6.07 Å². The number of nitrogens with one attached hydrogen (secondary N) is 1. The number of nitrogens with zero attached hydrogens (tertiary/aromatic N) is 2. The number of aryl methyl sites for hydroxylation is 1. The molecule has 0 saturated carbocycles. The summed E-state index contributed by atoms with van der Waals surface area (Å²) in [6.45, 7) is 5.79. The Morgan fingerprint density at radius 1 is 1.26 bits per heavy atom. The highest BCUT2D eigenvalue weighted by Crippen LogP contribution is 2.33. The minimum Gasteiger partial charge on any atom is -0.316 e. The van der Waals surface area contributed by atoms with E-state index >= 15 is 0 Å². The lowest BCUT2D eigenvalue weighted by molar-refractivity contribution is -0.137. The number of piperidine rings is 1. The topological polar surface area (TPSA) is 29.9 Å². The molecule has 2 aromatic rings. The fourth-order valence-corrected chi connectivity index (χ4v) is 3.41. The second-order valence-corrected chi connectivity index (χ2v) is 6.09. The van der Waals surface area contributed by atoms with Crippen molar-refractivity contribution in [2.45, 2.75) is 38.8 Å². The zero-order valence-electron chi connectivity index (χ0n) is 13.2. The van der Waals surface area contributed by atoms with Gasteiger partial charge in [-0.2, -0.15) is 18.3 Å². The SMILES string of the molecule is Cc1nn(-c2cccc(C(F)(F)F)c2)c(C)c1C1CCCNC1. The molecule has 3 nitrogen and oxygen atoms in total. The highest BCUT2D eigenvalue weighted by Gasteiger charge is 2.31. The monoisotopic (exact) mass is 323 g/mol. The van der Waals surface area contributed by atoms with Gasteiger partial charge in [0.25, 0.3) is 0 Å². The van der Waals surface area contributed by atoms with Crippen LogP contribution in [0, 0.1) is 13.8 Å². The van der Waals surface area contributed by atoms with Crippen molar-refractivity contribution in [3.05, 3.63) is 46.8 Å². The molecule has 1 atom stereocenters. The van der Waals surface area contributed by atoms with Crippen molar-refractivity contribution in [3.63, 3.8) is 0 Å². The maximum atomic E-state index is 12.9. The number of hydrogen-bond acceptors (Lipinski definition) is 2. The minimum absolute atomic E-state index is 0.378. The van der Waals surface area contributed by atoms with Crippen LogP contribution in [0.4, 0.5) is 13.2 Å². The Labute approximate surface area is 133 Å². The number of rotatable bonds is 2. The Morgan fingerprint density at radius 3 is 2.70 bits per heavy atom. The lowest BCUT2D eigenvalue weighted by Crippen LogP contribution is -2.28. The molecule has 0 radical (unpaired) electrons. The third kappa shape index (κ3) is 3.13. The van der Waals surface area contributed by atoms with Crippen LogP contribution in [0.1, 0.15) is 41.3 Å². The van der Waals surface area contributed by atoms with Crippen LogP contribution < -0.4 is 5.32 Å². The maximum absolute atomic E-state index is 12.9. The average molecular weight is 323 g/mol. The Hall–Kier alpha value is -1.82. The Balaban J connectivity index is 2.01. The first kappa shape index (κ1) is 16.1. The standard InChI is InChI=1S/C17H20F3N3/c1-11-16(13-5-4-8-21-10-13)12(2)23(22-11)15-7-3-6-14(9-15)17(18,19)20/h3,6-7,9,13,21H,4-5,8,10H2,1-2H3.